The maximum Gasteiger partial charge on any atom is 0.176 e. The third kappa shape index (κ3) is 4.03. The van der Waals surface area contributed by atoms with E-state index in [0.717, 1.165) is 42.5 Å². The van der Waals surface area contributed by atoms with Gasteiger partial charge in [-0.2, -0.15) is 0 Å². The Morgan fingerprint density at radius 3 is 2.39 bits per heavy atom. The summed E-state index contributed by atoms with van der Waals surface area (Å²) in [6, 6.07) is 15.0. The lowest BCUT2D eigenvalue weighted by Gasteiger charge is -2.35. The lowest BCUT2D eigenvalue weighted by Crippen LogP contribution is -2.48. The van der Waals surface area contributed by atoms with Gasteiger partial charge in [-0.3, -0.25) is 9.69 Å². The van der Waals surface area contributed by atoms with E-state index in [0.29, 0.717) is 12.2 Å². The number of nitrogen functional groups attached to an aromatic ring is 1. The maximum absolute atomic E-state index is 12.3. The molecule has 23 heavy (non-hydrogen) atoms. The van der Waals surface area contributed by atoms with E-state index in [2.05, 4.69) is 15.9 Å². The molecule has 1 aliphatic heterocycles. The lowest BCUT2D eigenvalue weighted by molar-refractivity contribution is 0.0926. The Morgan fingerprint density at radius 2 is 1.74 bits per heavy atom. The number of nitrogens with zero attached hydrogens (tertiary/aromatic N) is 2. The predicted molar refractivity (Wildman–Crippen MR) is 95.3 cm³/mol. The summed E-state index contributed by atoms with van der Waals surface area (Å²) in [4.78, 5) is 16.8. The predicted octanol–water partition coefficient (Wildman–Crippen LogP) is 2.93. The molecule has 0 saturated carbocycles. The molecule has 0 atom stereocenters. The largest absolute Gasteiger partial charge is 0.399 e. The number of benzene rings is 2. The molecule has 0 amide bonds. The van der Waals surface area contributed by atoms with Gasteiger partial charge < -0.3 is 10.6 Å². The second-order valence-electron chi connectivity index (χ2n) is 5.79. The average molecular weight is 330 g/mol. The zero-order valence-corrected chi connectivity index (χ0v) is 13.7. The van der Waals surface area contributed by atoms with Crippen LogP contribution in [0.25, 0.3) is 0 Å². The number of halogens is 1. The highest BCUT2D eigenvalue weighted by Crippen LogP contribution is 2.20. The second kappa shape index (κ2) is 7.02. The zero-order valence-electron chi connectivity index (χ0n) is 12.9. The summed E-state index contributed by atoms with van der Waals surface area (Å²) in [6.07, 6.45) is 0. The molecule has 2 aromatic carbocycles. The van der Waals surface area contributed by atoms with Gasteiger partial charge in [0.15, 0.2) is 5.78 Å². The van der Waals surface area contributed by atoms with E-state index >= 15 is 0 Å². The van der Waals surface area contributed by atoms with Crippen LogP contribution in [0.4, 0.5) is 11.4 Å². The van der Waals surface area contributed by atoms with Gasteiger partial charge in [-0.15, -0.1) is 0 Å². The van der Waals surface area contributed by atoms with Gasteiger partial charge in [-0.05, 0) is 42.5 Å². The van der Waals surface area contributed by atoms with Gasteiger partial charge in [0.2, 0.25) is 0 Å². The molecule has 2 aromatic rings. The third-order valence-electron chi connectivity index (χ3n) is 4.15. The van der Waals surface area contributed by atoms with Crippen LogP contribution in [-0.4, -0.2) is 43.4 Å². The van der Waals surface area contributed by atoms with Crippen molar-refractivity contribution in [3.8, 4) is 0 Å². The molecule has 120 valence electrons. The van der Waals surface area contributed by atoms with Gasteiger partial charge in [0, 0.05) is 48.1 Å². The minimum absolute atomic E-state index is 0.140. The van der Waals surface area contributed by atoms with E-state index in [1.165, 1.54) is 0 Å². The monoisotopic (exact) mass is 329 g/mol. The van der Waals surface area contributed by atoms with E-state index in [-0.39, 0.29) is 5.78 Å². The molecule has 5 heteroatoms. The minimum Gasteiger partial charge on any atom is -0.399 e. The number of rotatable bonds is 4. The highest BCUT2D eigenvalue weighted by atomic mass is 35.5. The van der Waals surface area contributed by atoms with Crippen LogP contribution in [0.1, 0.15) is 10.4 Å². The number of anilines is 2. The summed E-state index contributed by atoms with van der Waals surface area (Å²) >= 11 is 6.05. The van der Waals surface area contributed by atoms with Gasteiger partial charge in [0.25, 0.3) is 0 Å². The van der Waals surface area contributed by atoms with Crippen molar-refractivity contribution >= 4 is 28.8 Å². The Labute approximate surface area is 141 Å². The smallest absolute Gasteiger partial charge is 0.176 e. The van der Waals surface area contributed by atoms with Crippen molar-refractivity contribution in [2.24, 2.45) is 0 Å². The van der Waals surface area contributed by atoms with Crippen molar-refractivity contribution in [1.82, 2.24) is 4.90 Å². The number of hydrogen-bond acceptors (Lipinski definition) is 4. The number of carbonyl (C=O) groups excluding carboxylic acids is 1. The molecule has 1 fully saturated rings. The first kappa shape index (κ1) is 15.8. The van der Waals surface area contributed by atoms with Crippen molar-refractivity contribution in [1.29, 1.82) is 0 Å². The van der Waals surface area contributed by atoms with Crippen LogP contribution in [0.3, 0.4) is 0 Å². The topological polar surface area (TPSA) is 49.6 Å². The minimum atomic E-state index is 0.140. The molecule has 0 bridgehead atoms. The van der Waals surface area contributed by atoms with Gasteiger partial charge in [-0.25, -0.2) is 0 Å². The van der Waals surface area contributed by atoms with E-state index < -0.39 is 0 Å². The van der Waals surface area contributed by atoms with Crippen molar-refractivity contribution in [2.45, 2.75) is 0 Å². The van der Waals surface area contributed by atoms with Gasteiger partial charge >= 0.3 is 0 Å². The number of hydrogen-bond donors (Lipinski definition) is 1. The quantitative estimate of drug-likeness (QED) is 0.692. The Kier molecular flexibility index (Phi) is 4.84. The molecule has 4 nitrogen and oxygen atoms in total. The third-order valence-corrected chi connectivity index (χ3v) is 4.38. The highest BCUT2D eigenvalue weighted by molar-refractivity contribution is 6.30. The summed E-state index contributed by atoms with van der Waals surface area (Å²) in [5, 5.41) is 0.753. The molecule has 2 N–H and O–H groups in total. The molecule has 0 radical (unpaired) electrons. The first-order valence-electron chi connectivity index (χ1n) is 7.73. The molecule has 0 spiro atoms. The Morgan fingerprint density at radius 1 is 1.04 bits per heavy atom. The Balaban J connectivity index is 1.55. The molecule has 1 heterocycles. The Bertz CT molecular complexity index is 679. The molecular weight excluding hydrogens is 310 g/mol. The Hall–Kier alpha value is -2.04. The fraction of sp³-hybridized carbons (Fsp3) is 0.278. The van der Waals surface area contributed by atoms with Crippen LogP contribution in [0.5, 0.6) is 0 Å². The molecule has 1 aliphatic rings. The van der Waals surface area contributed by atoms with Gasteiger partial charge in [0.1, 0.15) is 0 Å². The first-order valence-corrected chi connectivity index (χ1v) is 8.11. The SMILES string of the molecule is Nc1ccc(C(=O)CN2CCN(c3cccc(Cl)c3)CC2)cc1. The van der Waals surface area contributed by atoms with E-state index in [9.17, 15) is 4.79 Å². The van der Waals surface area contributed by atoms with Crippen LogP contribution >= 0.6 is 11.6 Å². The van der Waals surface area contributed by atoms with Crippen LogP contribution in [0.2, 0.25) is 5.02 Å². The summed E-state index contributed by atoms with van der Waals surface area (Å²) in [7, 11) is 0. The second-order valence-corrected chi connectivity index (χ2v) is 6.22. The van der Waals surface area contributed by atoms with Crippen LogP contribution in [-0.2, 0) is 0 Å². The van der Waals surface area contributed by atoms with Crippen molar-refractivity contribution < 1.29 is 4.79 Å². The fourth-order valence-corrected chi connectivity index (χ4v) is 2.98. The number of piperazine rings is 1. The molecule has 0 unspecified atom stereocenters. The van der Waals surface area contributed by atoms with Crippen molar-refractivity contribution in [3.63, 3.8) is 0 Å². The van der Waals surface area contributed by atoms with Crippen LogP contribution in [0.15, 0.2) is 48.5 Å². The van der Waals surface area contributed by atoms with E-state index in [4.69, 9.17) is 17.3 Å². The molecule has 1 saturated heterocycles. The van der Waals surface area contributed by atoms with E-state index in [1.807, 2.05) is 18.2 Å². The van der Waals surface area contributed by atoms with Crippen LogP contribution in [0, 0.1) is 0 Å². The normalized spacial score (nSPS) is 15.6. The molecule has 3 rings (SSSR count). The fourth-order valence-electron chi connectivity index (χ4n) is 2.80. The first-order chi connectivity index (χ1) is 11.1. The zero-order chi connectivity index (χ0) is 16.2. The number of Topliss-reactive ketones (excluding diaryl/α,β-unsaturated/α-hetero) is 1. The summed E-state index contributed by atoms with van der Waals surface area (Å²) in [5.74, 6) is 0.140. The molecule has 0 aliphatic carbocycles. The standard InChI is InChI=1S/C18H20ClN3O/c19-15-2-1-3-17(12-15)22-10-8-21(9-11-22)13-18(23)14-4-6-16(20)7-5-14/h1-7,12H,8-11,13,20H2. The summed E-state index contributed by atoms with van der Waals surface area (Å²) < 4.78 is 0. The highest BCUT2D eigenvalue weighted by Gasteiger charge is 2.19. The number of carbonyl (C=O) groups is 1. The summed E-state index contributed by atoms with van der Waals surface area (Å²) in [5.41, 5.74) is 8.19. The van der Waals surface area contributed by atoms with Gasteiger partial charge in [0.05, 0.1) is 6.54 Å². The maximum atomic E-state index is 12.3. The lowest BCUT2D eigenvalue weighted by atomic mass is 10.1. The van der Waals surface area contributed by atoms with Crippen molar-refractivity contribution in [2.75, 3.05) is 43.4 Å². The number of ketones is 1. The molecule has 0 aromatic heterocycles. The van der Waals surface area contributed by atoms with E-state index in [1.54, 1.807) is 24.3 Å². The van der Waals surface area contributed by atoms with Crippen LogP contribution < -0.4 is 10.6 Å². The van der Waals surface area contributed by atoms with Crippen molar-refractivity contribution in [3.05, 3.63) is 59.1 Å². The summed E-state index contributed by atoms with van der Waals surface area (Å²) in [6.45, 7) is 3.98. The average Bonchev–Trinajstić information content (AvgIpc) is 2.56. The van der Waals surface area contributed by atoms with Gasteiger partial charge in [-0.1, -0.05) is 17.7 Å². The number of nitrogens with two attached hydrogens (primary N) is 1. The molecular formula is C18H20ClN3O.